The summed E-state index contributed by atoms with van der Waals surface area (Å²) in [7, 11) is -1.53. The molecule has 1 atom stereocenters. The number of ether oxygens (including phenoxy) is 2. The second-order valence-corrected chi connectivity index (χ2v) is 10.1. The SMILES string of the molecule is COc1ccc(/C=C/C(=O)OCC(=O)N(C2CCCCC2)[C@H]2CCS(=O)(=O)C2)cc1. The molecule has 1 aliphatic carbocycles. The molecule has 1 amide bonds. The van der Waals surface area contributed by atoms with Gasteiger partial charge in [-0.05, 0) is 43.0 Å². The van der Waals surface area contributed by atoms with Gasteiger partial charge < -0.3 is 14.4 Å². The zero-order valence-corrected chi connectivity index (χ0v) is 18.1. The minimum atomic E-state index is -3.11. The third kappa shape index (κ3) is 6.08. The highest BCUT2D eigenvalue weighted by molar-refractivity contribution is 7.91. The van der Waals surface area contributed by atoms with Crippen LogP contribution < -0.4 is 4.74 Å². The molecule has 164 valence electrons. The van der Waals surface area contributed by atoms with Crippen LogP contribution in [0.5, 0.6) is 5.75 Å². The number of hydrogen-bond donors (Lipinski definition) is 0. The molecule has 1 aromatic rings. The standard InChI is InChI=1S/C22H29NO6S/c1-28-20-10-7-17(8-11-20)9-12-22(25)29-15-21(24)23(18-5-3-2-4-6-18)19-13-14-30(26,27)16-19/h7-12,18-19H,2-6,13-16H2,1H3/b12-9+/t19-/m0/s1. The van der Waals surface area contributed by atoms with Crippen LogP contribution in [-0.2, 0) is 24.2 Å². The second kappa shape index (κ2) is 10.1. The number of hydrogen-bond acceptors (Lipinski definition) is 6. The van der Waals surface area contributed by atoms with Gasteiger partial charge in [-0.2, -0.15) is 0 Å². The summed E-state index contributed by atoms with van der Waals surface area (Å²) in [6.45, 7) is -0.376. The molecular formula is C22H29NO6S. The van der Waals surface area contributed by atoms with Gasteiger partial charge in [-0.1, -0.05) is 31.4 Å². The van der Waals surface area contributed by atoms with Crippen molar-refractivity contribution >= 4 is 27.8 Å². The van der Waals surface area contributed by atoms with Crippen molar-refractivity contribution in [2.75, 3.05) is 25.2 Å². The van der Waals surface area contributed by atoms with Crippen LogP contribution in [0.3, 0.4) is 0 Å². The molecule has 0 aromatic heterocycles. The summed E-state index contributed by atoms with van der Waals surface area (Å²) in [5.74, 6) is -0.0897. The molecule has 2 fully saturated rings. The van der Waals surface area contributed by atoms with E-state index in [2.05, 4.69) is 0 Å². The summed E-state index contributed by atoms with van der Waals surface area (Å²) in [5, 5.41) is 0. The smallest absolute Gasteiger partial charge is 0.331 e. The van der Waals surface area contributed by atoms with Crippen LogP contribution >= 0.6 is 0 Å². The number of methoxy groups -OCH3 is 1. The molecule has 8 heteroatoms. The molecule has 7 nitrogen and oxygen atoms in total. The third-order valence-electron chi connectivity index (χ3n) is 5.72. The Morgan fingerprint density at radius 2 is 1.77 bits per heavy atom. The van der Waals surface area contributed by atoms with Gasteiger partial charge >= 0.3 is 5.97 Å². The van der Waals surface area contributed by atoms with Crippen molar-refractivity contribution < 1.29 is 27.5 Å². The number of carbonyl (C=O) groups excluding carboxylic acids is 2. The quantitative estimate of drug-likeness (QED) is 0.483. The first-order valence-corrected chi connectivity index (χ1v) is 12.2. The van der Waals surface area contributed by atoms with Crippen molar-refractivity contribution in [2.45, 2.75) is 50.6 Å². The Morgan fingerprint density at radius 3 is 2.37 bits per heavy atom. The molecule has 0 N–H and O–H groups in total. The molecule has 3 rings (SSSR count). The number of benzene rings is 1. The highest BCUT2D eigenvalue weighted by atomic mass is 32.2. The molecule has 1 aliphatic heterocycles. The zero-order chi connectivity index (χ0) is 21.6. The number of esters is 1. The lowest BCUT2D eigenvalue weighted by Crippen LogP contribution is -2.50. The Morgan fingerprint density at radius 1 is 1.07 bits per heavy atom. The van der Waals surface area contributed by atoms with Crippen LogP contribution in [0.1, 0.15) is 44.1 Å². The van der Waals surface area contributed by atoms with Crippen molar-refractivity contribution in [3.05, 3.63) is 35.9 Å². The summed E-state index contributed by atoms with van der Waals surface area (Å²) in [4.78, 5) is 26.7. The van der Waals surface area contributed by atoms with Crippen molar-refractivity contribution in [1.82, 2.24) is 4.90 Å². The van der Waals surface area contributed by atoms with E-state index < -0.39 is 15.8 Å². The van der Waals surface area contributed by atoms with Crippen LogP contribution in [-0.4, -0.2) is 62.5 Å². The van der Waals surface area contributed by atoms with Crippen molar-refractivity contribution in [1.29, 1.82) is 0 Å². The predicted octanol–water partition coefficient (Wildman–Crippen LogP) is 2.60. The van der Waals surface area contributed by atoms with E-state index in [-0.39, 0.29) is 36.1 Å². The molecule has 1 aromatic carbocycles. The maximum Gasteiger partial charge on any atom is 0.331 e. The van der Waals surface area contributed by atoms with E-state index >= 15 is 0 Å². The van der Waals surface area contributed by atoms with Crippen molar-refractivity contribution in [3.63, 3.8) is 0 Å². The zero-order valence-electron chi connectivity index (χ0n) is 17.3. The Bertz CT molecular complexity index is 871. The number of carbonyl (C=O) groups is 2. The van der Waals surface area contributed by atoms with Crippen LogP contribution in [0.2, 0.25) is 0 Å². The van der Waals surface area contributed by atoms with E-state index in [1.54, 1.807) is 42.4 Å². The summed E-state index contributed by atoms with van der Waals surface area (Å²) in [6.07, 6.45) is 8.26. The topological polar surface area (TPSA) is 90.0 Å². The van der Waals surface area contributed by atoms with Crippen LogP contribution in [0.4, 0.5) is 0 Å². The van der Waals surface area contributed by atoms with E-state index in [0.29, 0.717) is 6.42 Å². The molecule has 0 spiro atoms. The molecule has 1 saturated heterocycles. The fourth-order valence-electron chi connectivity index (χ4n) is 4.19. The number of rotatable bonds is 7. The minimum absolute atomic E-state index is 0.000554. The van der Waals surface area contributed by atoms with Gasteiger partial charge in [0.25, 0.3) is 5.91 Å². The van der Waals surface area contributed by atoms with Gasteiger partial charge in [0.1, 0.15) is 5.75 Å². The first-order valence-electron chi connectivity index (χ1n) is 10.4. The lowest BCUT2D eigenvalue weighted by molar-refractivity contribution is -0.151. The first-order chi connectivity index (χ1) is 14.4. The maximum absolute atomic E-state index is 12.9. The van der Waals surface area contributed by atoms with Crippen molar-refractivity contribution in [2.24, 2.45) is 0 Å². The Balaban J connectivity index is 1.59. The molecule has 1 heterocycles. The normalized spacial score (nSPS) is 21.4. The Labute approximate surface area is 178 Å². The number of sulfone groups is 1. The van der Waals surface area contributed by atoms with Gasteiger partial charge in [0, 0.05) is 18.2 Å². The van der Waals surface area contributed by atoms with Gasteiger partial charge in [-0.25, -0.2) is 13.2 Å². The highest BCUT2D eigenvalue weighted by Crippen LogP contribution is 2.28. The van der Waals surface area contributed by atoms with Crippen LogP contribution in [0, 0.1) is 0 Å². The molecule has 2 aliphatic rings. The molecule has 0 bridgehead atoms. The van der Waals surface area contributed by atoms with Gasteiger partial charge in [0.2, 0.25) is 0 Å². The minimum Gasteiger partial charge on any atom is -0.497 e. The fraction of sp³-hybridized carbons (Fsp3) is 0.545. The summed E-state index contributed by atoms with van der Waals surface area (Å²) in [6, 6.07) is 6.88. The maximum atomic E-state index is 12.9. The van der Waals surface area contributed by atoms with E-state index in [4.69, 9.17) is 9.47 Å². The number of nitrogens with zero attached hydrogens (tertiary/aromatic N) is 1. The number of amides is 1. The van der Waals surface area contributed by atoms with E-state index in [1.165, 1.54) is 6.08 Å². The third-order valence-corrected chi connectivity index (χ3v) is 7.47. The predicted molar refractivity (Wildman–Crippen MR) is 114 cm³/mol. The fourth-order valence-corrected chi connectivity index (χ4v) is 5.91. The monoisotopic (exact) mass is 435 g/mol. The molecule has 0 radical (unpaired) electrons. The Kier molecular flexibility index (Phi) is 7.53. The molecule has 30 heavy (non-hydrogen) atoms. The average Bonchev–Trinajstić information content (AvgIpc) is 3.11. The van der Waals surface area contributed by atoms with Crippen LogP contribution in [0.25, 0.3) is 6.08 Å². The molecular weight excluding hydrogens is 406 g/mol. The summed E-state index contributed by atoms with van der Waals surface area (Å²) < 4.78 is 34.1. The second-order valence-electron chi connectivity index (χ2n) is 7.86. The lowest BCUT2D eigenvalue weighted by atomic mass is 9.93. The van der Waals surface area contributed by atoms with Crippen molar-refractivity contribution in [3.8, 4) is 5.75 Å². The summed E-state index contributed by atoms with van der Waals surface area (Å²) in [5.41, 5.74) is 0.805. The van der Waals surface area contributed by atoms with E-state index in [1.807, 2.05) is 0 Å². The average molecular weight is 436 g/mol. The highest BCUT2D eigenvalue weighted by Gasteiger charge is 2.38. The van der Waals surface area contributed by atoms with Gasteiger partial charge in [-0.15, -0.1) is 0 Å². The first kappa shape index (κ1) is 22.3. The van der Waals surface area contributed by atoms with Gasteiger partial charge in [0.15, 0.2) is 16.4 Å². The van der Waals surface area contributed by atoms with Crippen LogP contribution in [0.15, 0.2) is 30.3 Å². The Hall–Kier alpha value is -2.35. The van der Waals surface area contributed by atoms with Gasteiger partial charge in [0.05, 0.1) is 18.6 Å². The largest absolute Gasteiger partial charge is 0.497 e. The molecule has 1 saturated carbocycles. The molecule has 0 unspecified atom stereocenters. The van der Waals surface area contributed by atoms with Gasteiger partial charge in [-0.3, -0.25) is 4.79 Å². The van der Waals surface area contributed by atoms with E-state index in [0.717, 1.165) is 43.4 Å². The lowest BCUT2D eigenvalue weighted by Gasteiger charge is -2.38. The summed E-state index contributed by atoms with van der Waals surface area (Å²) >= 11 is 0. The van der Waals surface area contributed by atoms with E-state index in [9.17, 15) is 18.0 Å².